The van der Waals surface area contributed by atoms with Crippen LogP contribution in [0, 0.1) is 6.92 Å². The number of hydrogen-bond donors (Lipinski definition) is 1. The highest BCUT2D eigenvalue weighted by atomic mass is 16.5. The second kappa shape index (κ2) is 5.96. The molecule has 0 saturated carbocycles. The summed E-state index contributed by atoms with van der Waals surface area (Å²) in [6.45, 7) is 1.59. The number of benzene rings is 2. The summed E-state index contributed by atoms with van der Waals surface area (Å²) in [7, 11) is 0. The van der Waals surface area contributed by atoms with Crippen LogP contribution in [-0.2, 0) is 0 Å². The van der Waals surface area contributed by atoms with Crippen molar-refractivity contribution in [1.82, 2.24) is 4.57 Å². The van der Waals surface area contributed by atoms with Crippen molar-refractivity contribution in [2.45, 2.75) is 6.92 Å². The number of fused-ring (bicyclic) bond motifs is 1. The zero-order valence-corrected chi connectivity index (χ0v) is 12.7. The molecule has 0 saturated heterocycles. The second-order valence-corrected chi connectivity index (χ2v) is 5.17. The molecule has 1 aromatic heterocycles. The first-order valence-corrected chi connectivity index (χ1v) is 7.20. The Balaban J connectivity index is 1.97. The summed E-state index contributed by atoms with van der Waals surface area (Å²) in [6, 6.07) is 16.3. The van der Waals surface area contributed by atoms with Crippen molar-refractivity contribution in [2.75, 3.05) is 6.61 Å². The van der Waals surface area contributed by atoms with E-state index in [4.69, 9.17) is 10.5 Å². The van der Waals surface area contributed by atoms with Crippen LogP contribution in [0.25, 0.3) is 10.9 Å². The Bertz CT molecular complexity index is 882. The van der Waals surface area contributed by atoms with Crippen LogP contribution >= 0.6 is 0 Å². The summed E-state index contributed by atoms with van der Waals surface area (Å²) >= 11 is 0. The predicted molar refractivity (Wildman–Crippen MR) is 87.8 cm³/mol. The van der Waals surface area contributed by atoms with Crippen LogP contribution in [0.5, 0.6) is 5.75 Å². The smallest absolute Gasteiger partial charge is 0.269 e. The number of nitrogens with two attached hydrogens (primary N) is 1. The SMILES string of the molecule is Cc1c(C(N)=O)c2ccccc2n1C(=O)COc1ccccc1. The first kappa shape index (κ1) is 14.8. The van der Waals surface area contributed by atoms with Gasteiger partial charge in [-0.15, -0.1) is 0 Å². The van der Waals surface area contributed by atoms with Gasteiger partial charge in [-0.1, -0.05) is 36.4 Å². The Labute approximate surface area is 133 Å². The number of carbonyl (C=O) groups is 2. The molecule has 0 unspecified atom stereocenters. The lowest BCUT2D eigenvalue weighted by Gasteiger charge is -2.09. The summed E-state index contributed by atoms with van der Waals surface area (Å²) in [5, 5.41) is 0.672. The number of hydrogen-bond acceptors (Lipinski definition) is 3. The number of ether oxygens (including phenoxy) is 1. The zero-order valence-electron chi connectivity index (χ0n) is 12.7. The molecule has 2 N–H and O–H groups in total. The van der Waals surface area contributed by atoms with Crippen molar-refractivity contribution in [1.29, 1.82) is 0 Å². The van der Waals surface area contributed by atoms with Gasteiger partial charge in [0.05, 0.1) is 11.1 Å². The fraction of sp³-hybridized carbons (Fsp3) is 0.111. The van der Waals surface area contributed by atoms with Gasteiger partial charge in [-0.05, 0) is 25.1 Å². The average molecular weight is 308 g/mol. The van der Waals surface area contributed by atoms with Crippen LogP contribution in [-0.4, -0.2) is 23.0 Å². The van der Waals surface area contributed by atoms with Crippen LogP contribution in [0.15, 0.2) is 54.6 Å². The fourth-order valence-corrected chi connectivity index (χ4v) is 2.73. The molecule has 5 heteroatoms. The first-order chi connectivity index (χ1) is 11.1. The Morgan fingerprint density at radius 1 is 1.04 bits per heavy atom. The lowest BCUT2D eigenvalue weighted by Crippen LogP contribution is -2.21. The van der Waals surface area contributed by atoms with E-state index in [0.717, 1.165) is 0 Å². The number of amides is 1. The molecule has 3 rings (SSSR count). The molecule has 0 spiro atoms. The summed E-state index contributed by atoms with van der Waals surface area (Å²) in [5.74, 6) is -0.186. The highest BCUT2D eigenvalue weighted by molar-refractivity contribution is 6.10. The van der Waals surface area contributed by atoms with E-state index in [1.165, 1.54) is 4.57 Å². The minimum absolute atomic E-state index is 0.123. The standard InChI is InChI=1S/C18H16N2O3/c1-12-17(18(19)22)14-9-5-6-10-15(14)20(12)16(21)11-23-13-7-3-2-4-8-13/h2-10H,11H2,1H3,(H2,19,22). The lowest BCUT2D eigenvalue weighted by molar-refractivity contribution is 0.0841. The highest BCUT2D eigenvalue weighted by Crippen LogP contribution is 2.25. The maximum Gasteiger partial charge on any atom is 0.269 e. The van der Waals surface area contributed by atoms with Gasteiger partial charge in [0, 0.05) is 11.1 Å². The zero-order chi connectivity index (χ0) is 16.4. The lowest BCUT2D eigenvalue weighted by atomic mass is 10.1. The van der Waals surface area contributed by atoms with E-state index in [9.17, 15) is 9.59 Å². The minimum Gasteiger partial charge on any atom is -0.484 e. The molecule has 0 fully saturated rings. The molecular weight excluding hydrogens is 292 g/mol. The molecule has 1 heterocycles. The Morgan fingerprint density at radius 3 is 2.39 bits per heavy atom. The second-order valence-electron chi connectivity index (χ2n) is 5.17. The van der Waals surface area contributed by atoms with Crippen molar-refractivity contribution in [3.63, 3.8) is 0 Å². The quantitative estimate of drug-likeness (QED) is 0.805. The Morgan fingerprint density at radius 2 is 1.70 bits per heavy atom. The number of primary amides is 1. The summed E-state index contributed by atoms with van der Waals surface area (Å²) in [5.41, 5.74) is 7.01. The van der Waals surface area contributed by atoms with Gasteiger partial charge in [-0.3, -0.25) is 14.2 Å². The average Bonchev–Trinajstić information content (AvgIpc) is 2.85. The van der Waals surface area contributed by atoms with Crippen LogP contribution in [0.3, 0.4) is 0 Å². The topological polar surface area (TPSA) is 74.3 Å². The Hall–Kier alpha value is -3.08. The third kappa shape index (κ3) is 2.68. The number of para-hydroxylation sites is 2. The number of rotatable bonds is 4. The number of carbonyl (C=O) groups excluding carboxylic acids is 2. The van der Waals surface area contributed by atoms with Crippen LogP contribution in [0.1, 0.15) is 20.8 Å². The van der Waals surface area contributed by atoms with Gasteiger partial charge in [0.2, 0.25) is 0 Å². The molecule has 0 bridgehead atoms. The van der Waals surface area contributed by atoms with Crippen LogP contribution in [0.2, 0.25) is 0 Å². The number of aromatic nitrogens is 1. The largest absolute Gasteiger partial charge is 0.484 e. The van der Waals surface area contributed by atoms with Gasteiger partial charge in [0.1, 0.15) is 5.75 Å². The van der Waals surface area contributed by atoms with Crippen molar-refractivity contribution in [2.24, 2.45) is 5.73 Å². The van der Waals surface area contributed by atoms with E-state index in [0.29, 0.717) is 27.9 Å². The molecule has 0 aliphatic carbocycles. The maximum absolute atomic E-state index is 12.6. The van der Waals surface area contributed by atoms with E-state index in [-0.39, 0.29) is 12.5 Å². The van der Waals surface area contributed by atoms with Crippen molar-refractivity contribution < 1.29 is 14.3 Å². The third-order valence-corrected chi connectivity index (χ3v) is 3.71. The van der Waals surface area contributed by atoms with E-state index in [1.54, 1.807) is 31.2 Å². The summed E-state index contributed by atoms with van der Waals surface area (Å²) in [6.07, 6.45) is 0. The first-order valence-electron chi connectivity index (χ1n) is 7.20. The van der Waals surface area contributed by atoms with E-state index >= 15 is 0 Å². The molecule has 3 aromatic rings. The predicted octanol–water partition coefficient (Wildman–Crippen LogP) is 2.77. The molecule has 0 aliphatic rings. The minimum atomic E-state index is -0.547. The molecule has 2 aromatic carbocycles. The fourth-order valence-electron chi connectivity index (χ4n) is 2.73. The maximum atomic E-state index is 12.6. The van der Waals surface area contributed by atoms with Crippen LogP contribution in [0.4, 0.5) is 0 Å². The van der Waals surface area contributed by atoms with Crippen molar-refractivity contribution >= 4 is 22.7 Å². The third-order valence-electron chi connectivity index (χ3n) is 3.71. The summed E-state index contributed by atoms with van der Waals surface area (Å²) in [4.78, 5) is 24.3. The number of nitrogens with zero attached hydrogens (tertiary/aromatic N) is 1. The molecule has 0 aliphatic heterocycles. The monoisotopic (exact) mass is 308 g/mol. The van der Waals surface area contributed by atoms with Gasteiger partial charge >= 0.3 is 0 Å². The van der Waals surface area contributed by atoms with E-state index in [1.807, 2.05) is 30.3 Å². The Kier molecular flexibility index (Phi) is 3.85. The van der Waals surface area contributed by atoms with Gasteiger partial charge in [0.25, 0.3) is 11.8 Å². The van der Waals surface area contributed by atoms with E-state index < -0.39 is 5.91 Å². The van der Waals surface area contributed by atoms with Gasteiger partial charge in [-0.2, -0.15) is 0 Å². The highest BCUT2D eigenvalue weighted by Gasteiger charge is 2.21. The molecule has 23 heavy (non-hydrogen) atoms. The summed E-state index contributed by atoms with van der Waals surface area (Å²) < 4.78 is 6.99. The van der Waals surface area contributed by atoms with Crippen molar-refractivity contribution in [3.05, 3.63) is 65.9 Å². The molecule has 0 radical (unpaired) electrons. The molecule has 0 atom stereocenters. The van der Waals surface area contributed by atoms with Gasteiger partial charge in [-0.25, -0.2) is 0 Å². The van der Waals surface area contributed by atoms with E-state index in [2.05, 4.69) is 0 Å². The molecular formula is C18H16N2O3. The molecule has 116 valence electrons. The molecule has 1 amide bonds. The van der Waals surface area contributed by atoms with Gasteiger partial charge < -0.3 is 10.5 Å². The van der Waals surface area contributed by atoms with Crippen LogP contribution < -0.4 is 10.5 Å². The molecule has 5 nitrogen and oxygen atoms in total. The normalized spacial score (nSPS) is 10.7. The van der Waals surface area contributed by atoms with Crippen molar-refractivity contribution in [3.8, 4) is 5.75 Å². The van der Waals surface area contributed by atoms with Gasteiger partial charge in [0.15, 0.2) is 6.61 Å².